The Morgan fingerprint density at radius 1 is 1.06 bits per heavy atom. The van der Waals surface area contributed by atoms with E-state index < -0.39 is 0 Å². The van der Waals surface area contributed by atoms with Gasteiger partial charge in [-0.25, -0.2) is 9.50 Å². The maximum atomic E-state index is 5.85. The molecule has 0 bridgehead atoms. The van der Waals surface area contributed by atoms with Crippen molar-refractivity contribution in [2.45, 2.75) is 0 Å². The normalized spacial score (nSPS) is 10.9. The lowest BCUT2D eigenvalue weighted by Crippen LogP contribution is -1.86. The Bertz CT molecular complexity index is 676. The zero-order valence-corrected chi connectivity index (χ0v) is 11.0. The summed E-state index contributed by atoms with van der Waals surface area (Å²) in [5, 5.41) is 5.11. The van der Waals surface area contributed by atoms with Crippen LogP contribution in [-0.2, 0) is 0 Å². The molecular formula is C12H7BrClN3. The van der Waals surface area contributed by atoms with E-state index in [2.05, 4.69) is 26.0 Å². The molecule has 2 heterocycles. The van der Waals surface area contributed by atoms with Crippen molar-refractivity contribution in [3.05, 3.63) is 52.1 Å². The number of halogens is 2. The van der Waals surface area contributed by atoms with Gasteiger partial charge >= 0.3 is 0 Å². The van der Waals surface area contributed by atoms with E-state index in [1.54, 1.807) is 4.52 Å². The van der Waals surface area contributed by atoms with Crippen molar-refractivity contribution < 1.29 is 0 Å². The standard InChI is InChI=1S/C12H7BrClN3/c13-9-3-6-11-15-12(16-17(11)7-9)8-1-4-10(14)5-2-8/h1-7H. The van der Waals surface area contributed by atoms with Gasteiger partial charge in [0.15, 0.2) is 11.5 Å². The van der Waals surface area contributed by atoms with Gasteiger partial charge in [0.2, 0.25) is 0 Å². The second-order valence-corrected chi connectivity index (χ2v) is 4.94. The molecule has 5 heteroatoms. The summed E-state index contributed by atoms with van der Waals surface area (Å²) < 4.78 is 2.71. The highest BCUT2D eigenvalue weighted by atomic mass is 79.9. The predicted octanol–water partition coefficient (Wildman–Crippen LogP) is 3.81. The van der Waals surface area contributed by atoms with Crippen LogP contribution in [0.25, 0.3) is 17.0 Å². The summed E-state index contributed by atoms with van der Waals surface area (Å²) >= 11 is 9.25. The number of fused-ring (bicyclic) bond motifs is 1. The minimum atomic E-state index is 0.694. The number of pyridine rings is 1. The summed E-state index contributed by atoms with van der Waals surface area (Å²) in [6, 6.07) is 11.3. The van der Waals surface area contributed by atoms with Crippen LogP contribution in [0.15, 0.2) is 47.1 Å². The summed E-state index contributed by atoms with van der Waals surface area (Å²) in [5.41, 5.74) is 1.77. The largest absolute Gasteiger partial charge is 0.219 e. The van der Waals surface area contributed by atoms with Gasteiger partial charge in [-0.1, -0.05) is 11.6 Å². The van der Waals surface area contributed by atoms with E-state index in [4.69, 9.17) is 11.6 Å². The van der Waals surface area contributed by atoms with Crippen LogP contribution in [0.1, 0.15) is 0 Å². The van der Waals surface area contributed by atoms with Crippen LogP contribution in [0, 0.1) is 0 Å². The van der Waals surface area contributed by atoms with Gasteiger partial charge in [-0.3, -0.25) is 0 Å². The van der Waals surface area contributed by atoms with Gasteiger partial charge in [0.1, 0.15) is 0 Å². The number of nitrogens with zero attached hydrogens (tertiary/aromatic N) is 3. The van der Waals surface area contributed by atoms with Crippen LogP contribution in [0.2, 0.25) is 5.02 Å². The molecule has 0 saturated heterocycles. The quantitative estimate of drug-likeness (QED) is 0.684. The predicted molar refractivity (Wildman–Crippen MR) is 71.1 cm³/mol. The molecular weight excluding hydrogens is 302 g/mol. The molecule has 0 aliphatic heterocycles. The maximum Gasteiger partial charge on any atom is 0.182 e. The van der Waals surface area contributed by atoms with Crippen molar-refractivity contribution in [3.8, 4) is 11.4 Å². The van der Waals surface area contributed by atoms with Gasteiger partial charge in [0, 0.05) is 21.3 Å². The molecule has 0 radical (unpaired) electrons. The van der Waals surface area contributed by atoms with E-state index >= 15 is 0 Å². The highest BCUT2D eigenvalue weighted by molar-refractivity contribution is 9.10. The highest BCUT2D eigenvalue weighted by Crippen LogP contribution is 2.19. The van der Waals surface area contributed by atoms with Gasteiger partial charge in [-0.05, 0) is 52.3 Å². The SMILES string of the molecule is Clc1ccc(-c2nc3ccc(Br)cn3n2)cc1. The lowest BCUT2D eigenvalue weighted by atomic mass is 10.2. The maximum absolute atomic E-state index is 5.85. The van der Waals surface area contributed by atoms with Crippen LogP contribution in [0.4, 0.5) is 0 Å². The van der Waals surface area contributed by atoms with Crippen LogP contribution in [0.5, 0.6) is 0 Å². The van der Waals surface area contributed by atoms with E-state index in [1.807, 2.05) is 42.6 Å². The molecule has 3 aromatic rings. The molecule has 0 unspecified atom stereocenters. The molecule has 0 atom stereocenters. The molecule has 2 aromatic heterocycles. The zero-order valence-electron chi connectivity index (χ0n) is 8.64. The summed E-state index contributed by atoms with van der Waals surface area (Å²) in [6.45, 7) is 0. The average Bonchev–Trinajstić information content (AvgIpc) is 2.72. The van der Waals surface area contributed by atoms with Crippen molar-refractivity contribution in [1.82, 2.24) is 14.6 Å². The summed E-state index contributed by atoms with van der Waals surface area (Å²) in [6.07, 6.45) is 1.88. The average molecular weight is 309 g/mol. The van der Waals surface area contributed by atoms with Gasteiger partial charge in [0.05, 0.1) is 0 Å². The molecule has 3 rings (SSSR count). The van der Waals surface area contributed by atoms with E-state index in [9.17, 15) is 0 Å². The second-order valence-electron chi connectivity index (χ2n) is 3.59. The highest BCUT2D eigenvalue weighted by Gasteiger charge is 2.06. The third kappa shape index (κ3) is 2.06. The summed E-state index contributed by atoms with van der Waals surface area (Å²) in [4.78, 5) is 4.44. The molecule has 0 spiro atoms. The van der Waals surface area contributed by atoms with Crippen LogP contribution < -0.4 is 0 Å². The van der Waals surface area contributed by atoms with Gasteiger partial charge < -0.3 is 0 Å². The van der Waals surface area contributed by atoms with Gasteiger partial charge in [-0.2, -0.15) is 0 Å². The van der Waals surface area contributed by atoms with Crippen molar-refractivity contribution in [2.75, 3.05) is 0 Å². The third-order valence-electron chi connectivity index (χ3n) is 2.40. The van der Waals surface area contributed by atoms with Crippen molar-refractivity contribution in [3.63, 3.8) is 0 Å². The topological polar surface area (TPSA) is 30.2 Å². The molecule has 0 aliphatic rings. The fourth-order valence-corrected chi connectivity index (χ4v) is 2.03. The Morgan fingerprint density at radius 2 is 1.82 bits per heavy atom. The second kappa shape index (κ2) is 4.13. The molecule has 17 heavy (non-hydrogen) atoms. The first-order valence-corrected chi connectivity index (χ1v) is 6.17. The van der Waals surface area contributed by atoms with Crippen molar-refractivity contribution in [1.29, 1.82) is 0 Å². The zero-order chi connectivity index (χ0) is 11.8. The van der Waals surface area contributed by atoms with Gasteiger partial charge in [-0.15, -0.1) is 5.10 Å². The Morgan fingerprint density at radius 3 is 2.59 bits per heavy atom. The molecule has 3 nitrogen and oxygen atoms in total. The molecule has 84 valence electrons. The Labute approximate surface area is 111 Å². The molecule has 0 N–H and O–H groups in total. The number of benzene rings is 1. The first-order valence-electron chi connectivity index (χ1n) is 5.00. The first kappa shape index (κ1) is 10.7. The van der Waals surface area contributed by atoms with Crippen molar-refractivity contribution >= 4 is 33.2 Å². The van der Waals surface area contributed by atoms with E-state index in [1.165, 1.54) is 0 Å². The minimum Gasteiger partial charge on any atom is -0.219 e. The fourth-order valence-electron chi connectivity index (χ4n) is 1.58. The minimum absolute atomic E-state index is 0.694. The molecule has 1 aromatic carbocycles. The first-order chi connectivity index (χ1) is 8.22. The molecule has 0 fully saturated rings. The summed E-state index contributed by atoms with van der Waals surface area (Å²) in [5.74, 6) is 0.694. The van der Waals surface area contributed by atoms with E-state index in [-0.39, 0.29) is 0 Å². The van der Waals surface area contributed by atoms with Crippen molar-refractivity contribution in [2.24, 2.45) is 0 Å². The number of hydrogen-bond acceptors (Lipinski definition) is 2. The monoisotopic (exact) mass is 307 g/mol. The van der Waals surface area contributed by atoms with Crippen LogP contribution >= 0.6 is 27.5 Å². The Hall–Kier alpha value is -1.39. The molecule has 0 aliphatic carbocycles. The lowest BCUT2D eigenvalue weighted by Gasteiger charge is -1.93. The third-order valence-corrected chi connectivity index (χ3v) is 3.12. The summed E-state index contributed by atoms with van der Waals surface area (Å²) in [7, 11) is 0. The van der Waals surface area contributed by atoms with E-state index in [0.29, 0.717) is 10.8 Å². The molecule has 0 amide bonds. The molecule has 0 saturated carbocycles. The Kier molecular flexibility index (Phi) is 2.61. The smallest absolute Gasteiger partial charge is 0.182 e. The Balaban J connectivity index is 2.14. The number of aromatic nitrogens is 3. The van der Waals surface area contributed by atoms with Crippen LogP contribution in [0.3, 0.4) is 0 Å². The van der Waals surface area contributed by atoms with Gasteiger partial charge in [0.25, 0.3) is 0 Å². The fraction of sp³-hybridized carbons (Fsp3) is 0. The van der Waals surface area contributed by atoms with Crippen LogP contribution in [-0.4, -0.2) is 14.6 Å². The lowest BCUT2D eigenvalue weighted by molar-refractivity contribution is 0.961. The number of hydrogen-bond donors (Lipinski definition) is 0. The van der Waals surface area contributed by atoms with E-state index in [0.717, 1.165) is 15.7 Å². The number of rotatable bonds is 1.